The Morgan fingerprint density at radius 3 is 2.67 bits per heavy atom. The number of hydrogen-bond donors (Lipinski definition) is 3. The lowest BCUT2D eigenvalue weighted by Crippen LogP contribution is -2.48. The number of sulfonamides is 1. The van der Waals surface area contributed by atoms with E-state index in [0.717, 1.165) is 0 Å². The average molecular weight is 315 g/mol. The maximum atomic E-state index is 12.5. The molecule has 0 aromatic carbocycles. The van der Waals surface area contributed by atoms with Crippen LogP contribution >= 0.6 is 0 Å². The first kappa shape index (κ1) is 16.0. The lowest BCUT2D eigenvalue weighted by atomic mass is 9.93. The molecule has 0 aliphatic carbocycles. The zero-order valence-electron chi connectivity index (χ0n) is 12.6. The summed E-state index contributed by atoms with van der Waals surface area (Å²) in [4.78, 5) is 12.1. The standard InChI is InChI=1S/C13H21N3O4S/c1-13(2,18)10-6-5-8-9(21(19,20)15-10)7-16(4)11(8)12(17)14-3/h7,10,15,18H,5-6H2,1-4H3,(H,14,17). The van der Waals surface area contributed by atoms with Gasteiger partial charge in [0.2, 0.25) is 10.0 Å². The SMILES string of the molecule is CNC(=O)c1c2c(cn1C)S(=O)(=O)NC(C(C)(C)O)CC2. The lowest BCUT2D eigenvalue weighted by Gasteiger charge is -2.28. The second-order valence-electron chi connectivity index (χ2n) is 5.88. The van der Waals surface area contributed by atoms with Gasteiger partial charge < -0.3 is 15.0 Å². The molecule has 1 unspecified atom stereocenters. The normalized spacial score (nSPS) is 21.5. The number of nitrogens with zero attached hydrogens (tertiary/aromatic N) is 1. The second-order valence-corrected chi connectivity index (χ2v) is 7.56. The van der Waals surface area contributed by atoms with Crippen LogP contribution in [0.25, 0.3) is 0 Å². The molecule has 0 radical (unpaired) electrons. The molecule has 1 aliphatic rings. The molecule has 0 saturated heterocycles. The molecule has 1 amide bonds. The first-order chi connectivity index (χ1) is 9.58. The highest BCUT2D eigenvalue weighted by molar-refractivity contribution is 7.89. The van der Waals surface area contributed by atoms with E-state index in [-0.39, 0.29) is 10.8 Å². The molecule has 8 heteroatoms. The molecule has 118 valence electrons. The van der Waals surface area contributed by atoms with Gasteiger partial charge in [-0.2, -0.15) is 0 Å². The lowest BCUT2D eigenvalue weighted by molar-refractivity contribution is 0.0434. The monoisotopic (exact) mass is 315 g/mol. The van der Waals surface area contributed by atoms with Gasteiger partial charge in [0.25, 0.3) is 5.91 Å². The molecule has 3 N–H and O–H groups in total. The number of aryl methyl sites for hydroxylation is 1. The molecular weight excluding hydrogens is 294 g/mol. The van der Waals surface area contributed by atoms with Crippen molar-refractivity contribution in [3.05, 3.63) is 17.5 Å². The zero-order chi connectivity index (χ0) is 16.0. The highest BCUT2D eigenvalue weighted by Crippen LogP contribution is 2.29. The molecule has 2 heterocycles. The molecule has 1 aliphatic heterocycles. The van der Waals surface area contributed by atoms with Crippen LogP contribution in [0.15, 0.2) is 11.1 Å². The van der Waals surface area contributed by atoms with Gasteiger partial charge in [0, 0.05) is 25.9 Å². The molecule has 1 atom stereocenters. The fourth-order valence-electron chi connectivity index (χ4n) is 2.63. The van der Waals surface area contributed by atoms with E-state index in [4.69, 9.17) is 0 Å². The minimum absolute atomic E-state index is 0.107. The first-order valence-electron chi connectivity index (χ1n) is 6.73. The largest absolute Gasteiger partial charge is 0.389 e. The molecule has 0 fully saturated rings. The Labute approximate surface area is 124 Å². The quantitative estimate of drug-likeness (QED) is 0.700. The Morgan fingerprint density at radius 2 is 2.14 bits per heavy atom. The second kappa shape index (κ2) is 5.11. The molecule has 0 bridgehead atoms. The van der Waals surface area contributed by atoms with E-state index >= 15 is 0 Å². The van der Waals surface area contributed by atoms with E-state index in [0.29, 0.717) is 24.1 Å². The van der Waals surface area contributed by atoms with Gasteiger partial charge in [-0.05, 0) is 26.7 Å². The van der Waals surface area contributed by atoms with Crippen LogP contribution in [0.1, 0.15) is 36.3 Å². The molecule has 21 heavy (non-hydrogen) atoms. The minimum atomic E-state index is -3.77. The highest BCUT2D eigenvalue weighted by atomic mass is 32.2. The van der Waals surface area contributed by atoms with Crippen molar-refractivity contribution in [2.75, 3.05) is 7.05 Å². The number of aliphatic hydroxyl groups is 1. The van der Waals surface area contributed by atoms with Gasteiger partial charge in [-0.1, -0.05) is 0 Å². The Morgan fingerprint density at radius 1 is 1.52 bits per heavy atom. The zero-order valence-corrected chi connectivity index (χ0v) is 13.4. The molecule has 7 nitrogen and oxygen atoms in total. The summed E-state index contributed by atoms with van der Waals surface area (Å²) in [7, 11) is -0.619. The summed E-state index contributed by atoms with van der Waals surface area (Å²) in [6.07, 6.45) is 2.26. The topological polar surface area (TPSA) is 100 Å². The van der Waals surface area contributed by atoms with Crippen LogP contribution in [0, 0.1) is 0 Å². The van der Waals surface area contributed by atoms with E-state index in [9.17, 15) is 18.3 Å². The van der Waals surface area contributed by atoms with E-state index in [2.05, 4.69) is 10.0 Å². The van der Waals surface area contributed by atoms with Crippen LogP contribution in [0.2, 0.25) is 0 Å². The van der Waals surface area contributed by atoms with E-state index in [1.807, 2.05) is 0 Å². The van der Waals surface area contributed by atoms with Gasteiger partial charge in [0.15, 0.2) is 0 Å². The van der Waals surface area contributed by atoms with Crippen molar-refractivity contribution in [1.82, 2.24) is 14.6 Å². The number of nitrogens with one attached hydrogen (secondary N) is 2. The third-order valence-electron chi connectivity index (χ3n) is 3.81. The molecule has 1 aromatic rings. The fourth-order valence-corrected chi connectivity index (χ4v) is 4.36. The summed E-state index contributed by atoms with van der Waals surface area (Å²) in [5.74, 6) is -0.323. The van der Waals surface area contributed by atoms with Crippen LogP contribution in [0.5, 0.6) is 0 Å². The van der Waals surface area contributed by atoms with Crippen LogP contribution in [0.3, 0.4) is 0 Å². The number of carbonyl (C=O) groups is 1. The van der Waals surface area contributed by atoms with Crippen LogP contribution < -0.4 is 10.0 Å². The highest BCUT2D eigenvalue weighted by Gasteiger charge is 2.37. The average Bonchev–Trinajstić information content (AvgIpc) is 2.63. The van der Waals surface area contributed by atoms with Crippen molar-refractivity contribution in [3.63, 3.8) is 0 Å². The van der Waals surface area contributed by atoms with Crippen LogP contribution in [-0.4, -0.2) is 42.7 Å². The first-order valence-corrected chi connectivity index (χ1v) is 8.21. The third-order valence-corrected chi connectivity index (χ3v) is 5.34. The number of rotatable bonds is 2. The van der Waals surface area contributed by atoms with Gasteiger partial charge >= 0.3 is 0 Å². The number of carbonyl (C=O) groups excluding carboxylic acids is 1. The van der Waals surface area contributed by atoms with Crippen molar-refractivity contribution in [3.8, 4) is 0 Å². The Hall–Kier alpha value is -1.38. The molecule has 0 spiro atoms. The van der Waals surface area contributed by atoms with Crippen molar-refractivity contribution in [2.45, 2.75) is 43.2 Å². The predicted octanol–water partition coefficient (Wildman–Crippen LogP) is -0.251. The maximum Gasteiger partial charge on any atom is 0.267 e. The number of aromatic nitrogens is 1. The van der Waals surface area contributed by atoms with E-state index in [1.54, 1.807) is 20.9 Å². The van der Waals surface area contributed by atoms with Crippen molar-refractivity contribution >= 4 is 15.9 Å². The Balaban J connectivity index is 2.56. The van der Waals surface area contributed by atoms with Gasteiger partial charge in [0.1, 0.15) is 10.6 Å². The van der Waals surface area contributed by atoms with Crippen molar-refractivity contribution in [2.24, 2.45) is 7.05 Å². The summed E-state index contributed by atoms with van der Waals surface area (Å²) in [6, 6.07) is -0.599. The summed E-state index contributed by atoms with van der Waals surface area (Å²) in [5, 5.41) is 12.6. The van der Waals surface area contributed by atoms with Gasteiger partial charge in [-0.3, -0.25) is 4.79 Å². The Kier molecular flexibility index (Phi) is 3.90. The van der Waals surface area contributed by atoms with Crippen LogP contribution in [-0.2, 0) is 23.5 Å². The van der Waals surface area contributed by atoms with Gasteiger partial charge in [0.05, 0.1) is 11.6 Å². The predicted molar refractivity (Wildman–Crippen MR) is 77.5 cm³/mol. The molecule has 1 aromatic heterocycles. The maximum absolute atomic E-state index is 12.5. The summed E-state index contributed by atoms with van der Waals surface area (Å²) in [5.41, 5.74) is -0.336. The fraction of sp³-hybridized carbons (Fsp3) is 0.615. The van der Waals surface area contributed by atoms with E-state index < -0.39 is 21.7 Å². The molecule has 2 rings (SSSR count). The molecular formula is C13H21N3O4S. The third kappa shape index (κ3) is 2.83. The summed E-state index contributed by atoms with van der Waals surface area (Å²) < 4.78 is 29.0. The molecule has 0 saturated carbocycles. The van der Waals surface area contributed by atoms with Crippen LogP contribution in [0.4, 0.5) is 0 Å². The Bertz CT molecular complexity index is 670. The summed E-state index contributed by atoms with van der Waals surface area (Å²) in [6.45, 7) is 3.13. The number of hydrogen-bond acceptors (Lipinski definition) is 4. The summed E-state index contributed by atoms with van der Waals surface area (Å²) >= 11 is 0. The van der Waals surface area contributed by atoms with Gasteiger partial charge in [-0.15, -0.1) is 0 Å². The number of fused-ring (bicyclic) bond motifs is 1. The van der Waals surface area contributed by atoms with Crippen molar-refractivity contribution < 1.29 is 18.3 Å². The minimum Gasteiger partial charge on any atom is -0.389 e. The van der Waals surface area contributed by atoms with E-state index in [1.165, 1.54) is 17.8 Å². The number of amides is 1. The smallest absolute Gasteiger partial charge is 0.267 e. The van der Waals surface area contributed by atoms with Crippen molar-refractivity contribution in [1.29, 1.82) is 0 Å². The van der Waals surface area contributed by atoms with Gasteiger partial charge in [-0.25, -0.2) is 13.1 Å².